The number of nitrogens with one attached hydrogen (secondary N) is 2. The molecule has 0 radical (unpaired) electrons. The van der Waals surface area contributed by atoms with Crippen LogP contribution in [0.4, 0.5) is 0 Å². The number of hydrogen-bond donors (Lipinski definition) is 2. The van der Waals surface area contributed by atoms with Crippen LogP contribution in [-0.2, 0) is 34.0 Å². The van der Waals surface area contributed by atoms with Crippen molar-refractivity contribution in [3.05, 3.63) is 12.7 Å². The zero-order valence-corrected chi connectivity index (χ0v) is 36.4. The van der Waals surface area contributed by atoms with Gasteiger partial charge in [0.2, 0.25) is 27.7 Å². The van der Waals surface area contributed by atoms with Crippen molar-refractivity contribution in [2.75, 3.05) is 19.6 Å². The van der Waals surface area contributed by atoms with E-state index in [0.29, 0.717) is 32.2 Å². The van der Waals surface area contributed by atoms with Crippen molar-refractivity contribution in [2.45, 2.75) is 174 Å². The summed E-state index contributed by atoms with van der Waals surface area (Å²) in [5.74, 6) is -2.34. The Bertz CT molecular complexity index is 1760. The number of nitrogens with zero attached hydrogens (tertiary/aromatic N) is 2. The predicted octanol–water partition coefficient (Wildman–Crippen LogP) is 6.10. The first-order valence-electron chi connectivity index (χ1n) is 22.4. The third-order valence-electron chi connectivity index (χ3n) is 17.1. The maximum absolute atomic E-state index is 15.3. The Balaban J connectivity index is 1.15. The van der Waals surface area contributed by atoms with E-state index in [1.54, 1.807) is 11.0 Å². The van der Waals surface area contributed by atoms with Gasteiger partial charge in [-0.3, -0.25) is 33.6 Å². The summed E-state index contributed by atoms with van der Waals surface area (Å²) in [5, 5.41) is 2.64. The smallest absolute Gasteiger partial charge is 0.240 e. The van der Waals surface area contributed by atoms with Crippen molar-refractivity contribution in [1.29, 1.82) is 0 Å². The van der Waals surface area contributed by atoms with Crippen LogP contribution in [-0.4, -0.2) is 90.5 Å². The fourth-order valence-electron chi connectivity index (χ4n) is 12.7. The number of ketones is 2. The highest BCUT2D eigenvalue weighted by atomic mass is 32.2. The van der Waals surface area contributed by atoms with Gasteiger partial charge in [-0.15, -0.1) is 6.58 Å². The molecule has 7 rings (SSSR count). The number of rotatable bonds is 15. The lowest BCUT2D eigenvalue weighted by atomic mass is 9.73. The monoisotopic (exact) mass is 810 g/mol. The summed E-state index contributed by atoms with van der Waals surface area (Å²) in [6.07, 6.45) is 13.9. The van der Waals surface area contributed by atoms with Crippen LogP contribution >= 0.6 is 0 Å². The third kappa shape index (κ3) is 7.06. The van der Waals surface area contributed by atoms with Gasteiger partial charge in [0, 0.05) is 30.7 Å². The number of fused-ring (bicyclic) bond motifs is 1. The number of hydrogen-bond acceptors (Lipinski definition) is 8. The zero-order valence-electron chi connectivity index (χ0n) is 35.6. The van der Waals surface area contributed by atoms with Crippen molar-refractivity contribution in [2.24, 2.45) is 44.8 Å². The van der Waals surface area contributed by atoms with Gasteiger partial charge in [-0.2, -0.15) is 0 Å². The van der Waals surface area contributed by atoms with E-state index in [4.69, 9.17) is 0 Å². The minimum absolute atomic E-state index is 0.0179. The molecule has 0 bridgehead atoms. The fraction of sp³-hybridized carbons (Fsp3) is 0.844. The van der Waals surface area contributed by atoms with E-state index in [9.17, 15) is 27.6 Å². The molecule has 0 unspecified atom stereocenters. The number of likely N-dealkylation sites (tertiary alicyclic amines) is 2. The highest BCUT2D eigenvalue weighted by molar-refractivity contribution is 7.90. The first kappa shape index (κ1) is 42.5. The van der Waals surface area contributed by atoms with E-state index in [0.717, 1.165) is 83.7 Å². The minimum atomic E-state index is -3.85. The number of amides is 3. The van der Waals surface area contributed by atoms with Crippen LogP contribution in [0.15, 0.2) is 12.7 Å². The largest absolute Gasteiger partial charge is 0.345 e. The molecule has 2 heterocycles. The molecule has 12 heteroatoms. The molecule has 7 atom stereocenters. The minimum Gasteiger partial charge on any atom is -0.345 e. The number of likely N-dealkylation sites (N-methyl/N-ethyl adjacent to an activating group) is 1. The Morgan fingerprint density at radius 3 is 2.09 bits per heavy atom. The van der Waals surface area contributed by atoms with E-state index < -0.39 is 50.0 Å². The summed E-state index contributed by atoms with van der Waals surface area (Å²) < 4.78 is 28.5. The zero-order chi connectivity index (χ0) is 41.3. The quantitative estimate of drug-likeness (QED) is 0.189. The van der Waals surface area contributed by atoms with Gasteiger partial charge in [0.25, 0.3) is 0 Å². The van der Waals surface area contributed by atoms with Gasteiger partial charge >= 0.3 is 0 Å². The standard InChI is InChI=1S/C45H70N4O7S/c1-8-30-25-43(30,40(54)47-57(55,56)31-18-13-19-31)27-36(51)34-26-45(42(6,7)44(45)21-15-22-44)28-49(34)39(53)32(41(3,4)5)24-35(50)37(29-16-11-10-12-17-29)46-38(52)33-20-14-23-48(33)9-2/h8,29-34,37H,1,9-28H2,2-7H3,(H,46,52)(H,47,54)/t30-,32-,33+,34+,37+,43-,45-/m1/s1. The molecule has 3 amide bonds. The average molecular weight is 811 g/mol. The van der Waals surface area contributed by atoms with Crippen molar-refractivity contribution >= 4 is 39.3 Å². The van der Waals surface area contributed by atoms with Gasteiger partial charge in [0.05, 0.1) is 28.8 Å². The number of Topliss-reactive ketones (excluding diaryl/α,β-unsaturated/α-hetero) is 2. The first-order chi connectivity index (χ1) is 26.8. The summed E-state index contributed by atoms with van der Waals surface area (Å²) in [4.78, 5) is 76.4. The van der Waals surface area contributed by atoms with Gasteiger partial charge in [-0.25, -0.2) is 8.42 Å². The van der Waals surface area contributed by atoms with Crippen molar-refractivity contribution < 1.29 is 32.4 Å². The molecule has 2 aliphatic heterocycles. The summed E-state index contributed by atoms with van der Waals surface area (Å²) in [6, 6.07) is -1.71. The normalized spacial score (nSPS) is 33.2. The summed E-state index contributed by atoms with van der Waals surface area (Å²) >= 11 is 0. The molecular weight excluding hydrogens is 741 g/mol. The van der Waals surface area contributed by atoms with Gasteiger partial charge in [0.15, 0.2) is 11.6 Å². The van der Waals surface area contributed by atoms with Crippen LogP contribution < -0.4 is 10.0 Å². The molecule has 5 saturated carbocycles. The lowest BCUT2D eigenvalue weighted by Gasteiger charge is -2.37. The molecule has 7 aliphatic rings. The van der Waals surface area contributed by atoms with Crippen LogP contribution in [0.5, 0.6) is 0 Å². The molecule has 57 heavy (non-hydrogen) atoms. The number of carbonyl (C=O) groups excluding carboxylic acids is 5. The lowest BCUT2D eigenvalue weighted by molar-refractivity contribution is -0.147. The molecule has 0 aromatic carbocycles. The lowest BCUT2D eigenvalue weighted by Crippen LogP contribution is -2.54. The van der Waals surface area contributed by atoms with Gasteiger partial charge in [-0.1, -0.05) is 79.7 Å². The number of allylic oxidation sites excluding steroid dienone is 1. The second-order valence-electron chi connectivity index (χ2n) is 21.0. The average Bonchev–Trinajstić information content (AvgIpc) is 3.62. The van der Waals surface area contributed by atoms with E-state index >= 15 is 4.79 Å². The Morgan fingerprint density at radius 2 is 1.56 bits per heavy atom. The van der Waals surface area contributed by atoms with Crippen LogP contribution in [0.2, 0.25) is 0 Å². The second kappa shape index (κ2) is 15.1. The molecule has 0 aromatic heterocycles. The van der Waals surface area contributed by atoms with Crippen LogP contribution in [0, 0.1) is 44.8 Å². The molecule has 2 saturated heterocycles. The summed E-state index contributed by atoms with van der Waals surface area (Å²) in [5.41, 5.74) is -2.15. The molecule has 5 aliphatic carbocycles. The first-order valence-corrected chi connectivity index (χ1v) is 23.9. The molecule has 11 nitrogen and oxygen atoms in total. The van der Waals surface area contributed by atoms with Crippen molar-refractivity contribution in [1.82, 2.24) is 19.8 Å². The summed E-state index contributed by atoms with van der Waals surface area (Å²) in [7, 11) is -3.85. The molecule has 2 N–H and O–H groups in total. The third-order valence-corrected chi connectivity index (χ3v) is 19.0. The molecule has 7 fully saturated rings. The Kier molecular flexibility index (Phi) is 11.3. The fourth-order valence-corrected chi connectivity index (χ4v) is 14.3. The van der Waals surface area contributed by atoms with Gasteiger partial charge in [0.1, 0.15) is 0 Å². The molecule has 318 valence electrons. The Hall–Kier alpha value is -2.60. The molecular formula is C45H70N4O7S. The summed E-state index contributed by atoms with van der Waals surface area (Å²) in [6.45, 7) is 18.5. The van der Waals surface area contributed by atoms with Crippen molar-refractivity contribution in [3.63, 3.8) is 0 Å². The Labute approximate surface area is 341 Å². The van der Waals surface area contributed by atoms with Crippen LogP contribution in [0.1, 0.15) is 151 Å². The van der Waals surface area contributed by atoms with E-state index in [2.05, 4.69) is 42.3 Å². The van der Waals surface area contributed by atoms with Gasteiger partial charge < -0.3 is 10.2 Å². The number of carbonyl (C=O) groups is 5. The van der Waals surface area contributed by atoms with Gasteiger partial charge in [-0.05, 0) is 105 Å². The Morgan fingerprint density at radius 1 is 0.877 bits per heavy atom. The van der Waals surface area contributed by atoms with Crippen LogP contribution in [0.3, 0.4) is 0 Å². The molecule has 2 spiro atoms. The second-order valence-corrected chi connectivity index (χ2v) is 22.9. The van der Waals surface area contributed by atoms with E-state index in [1.165, 1.54) is 0 Å². The highest BCUT2D eigenvalue weighted by Gasteiger charge is 2.85. The molecule has 0 aromatic rings. The number of sulfonamides is 1. The van der Waals surface area contributed by atoms with E-state index in [-0.39, 0.29) is 70.3 Å². The maximum Gasteiger partial charge on any atom is 0.240 e. The van der Waals surface area contributed by atoms with Crippen molar-refractivity contribution in [3.8, 4) is 0 Å². The highest BCUT2D eigenvalue weighted by Crippen LogP contribution is 2.88. The van der Waals surface area contributed by atoms with E-state index in [1.807, 2.05) is 20.8 Å². The predicted molar refractivity (Wildman–Crippen MR) is 219 cm³/mol. The van der Waals surface area contributed by atoms with Crippen LogP contribution in [0.25, 0.3) is 0 Å². The topological polar surface area (TPSA) is 150 Å². The maximum atomic E-state index is 15.3. The SMILES string of the molecule is C=C[C@@H]1C[C@]1(CC(=O)[C@@H]1C[C@@]2(CN1C(=O)[C@@H](CC(=O)[C@@H](NC(=O)[C@@H]1CCCN1CC)C1CCCCC1)C(C)(C)C)C(C)(C)C21CCC1)C(=O)NS(=O)(=O)C1CCC1.